The fourth-order valence-corrected chi connectivity index (χ4v) is 2.73. The third kappa shape index (κ3) is 3.43. The highest BCUT2D eigenvalue weighted by molar-refractivity contribution is 5.52. The molecular formula is C14H19FN2O2. The van der Waals surface area contributed by atoms with Crippen molar-refractivity contribution in [2.45, 2.75) is 45.1 Å². The number of hydrogen-bond donors (Lipinski definition) is 1. The zero-order valence-electron chi connectivity index (χ0n) is 11.1. The van der Waals surface area contributed by atoms with Crippen molar-refractivity contribution in [2.75, 3.05) is 5.32 Å². The second kappa shape index (κ2) is 5.99. The van der Waals surface area contributed by atoms with Crippen LogP contribution in [0.1, 0.15) is 39.0 Å². The van der Waals surface area contributed by atoms with Crippen LogP contribution in [0.5, 0.6) is 0 Å². The number of nitro groups is 1. The van der Waals surface area contributed by atoms with Crippen molar-refractivity contribution in [1.82, 2.24) is 0 Å². The van der Waals surface area contributed by atoms with E-state index in [1.807, 2.05) is 6.92 Å². The molecule has 1 aliphatic carbocycles. The van der Waals surface area contributed by atoms with Gasteiger partial charge in [0, 0.05) is 18.2 Å². The molecule has 19 heavy (non-hydrogen) atoms. The minimum absolute atomic E-state index is 0.0836. The summed E-state index contributed by atoms with van der Waals surface area (Å²) < 4.78 is 13.7. The minimum Gasteiger partial charge on any atom is -0.380 e. The molecule has 1 aliphatic rings. The number of anilines is 1. The molecule has 2 rings (SSSR count). The average molecular weight is 266 g/mol. The minimum atomic E-state index is -0.504. The van der Waals surface area contributed by atoms with Crippen molar-refractivity contribution in [3.63, 3.8) is 0 Å². The van der Waals surface area contributed by atoms with Gasteiger partial charge in [-0.3, -0.25) is 10.1 Å². The standard InChI is InChI=1S/C14H19FN2O2/c1-10(11-5-3-2-4-6-11)16-14-9-12(17(18)19)7-8-13(14)15/h7-11,16H,2-6H2,1H3. The van der Waals surface area contributed by atoms with Gasteiger partial charge in [0.2, 0.25) is 0 Å². The molecule has 1 saturated carbocycles. The Morgan fingerprint density at radius 2 is 2.05 bits per heavy atom. The number of hydrogen-bond acceptors (Lipinski definition) is 3. The van der Waals surface area contributed by atoms with Crippen LogP contribution in [0.4, 0.5) is 15.8 Å². The van der Waals surface area contributed by atoms with Crippen LogP contribution in [-0.2, 0) is 0 Å². The number of halogens is 1. The Labute approximate surface area is 112 Å². The molecule has 0 spiro atoms. The zero-order chi connectivity index (χ0) is 13.8. The summed E-state index contributed by atoms with van der Waals surface area (Å²) in [7, 11) is 0. The summed E-state index contributed by atoms with van der Waals surface area (Å²) in [5.74, 6) is 0.0840. The molecule has 0 radical (unpaired) electrons. The van der Waals surface area contributed by atoms with E-state index in [0.717, 1.165) is 18.9 Å². The predicted octanol–water partition coefficient (Wildman–Crippen LogP) is 4.11. The lowest BCUT2D eigenvalue weighted by molar-refractivity contribution is -0.384. The normalized spacial score (nSPS) is 18.0. The van der Waals surface area contributed by atoms with Gasteiger partial charge in [0.25, 0.3) is 5.69 Å². The largest absolute Gasteiger partial charge is 0.380 e. The molecule has 4 nitrogen and oxygen atoms in total. The average Bonchev–Trinajstić information content (AvgIpc) is 2.42. The number of nitrogens with one attached hydrogen (secondary N) is 1. The summed E-state index contributed by atoms with van der Waals surface area (Å²) in [6.07, 6.45) is 5.99. The van der Waals surface area contributed by atoms with Gasteiger partial charge in [-0.05, 0) is 31.7 Å². The van der Waals surface area contributed by atoms with Crippen molar-refractivity contribution in [1.29, 1.82) is 0 Å². The van der Waals surface area contributed by atoms with Crippen LogP contribution in [0.2, 0.25) is 0 Å². The smallest absolute Gasteiger partial charge is 0.271 e. The molecule has 0 saturated heterocycles. The quantitative estimate of drug-likeness (QED) is 0.659. The van der Waals surface area contributed by atoms with Crippen LogP contribution in [0.15, 0.2) is 18.2 Å². The first-order chi connectivity index (χ1) is 9.08. The third-order valence-corrected chi connectivity index (χ3v) is 3.90. The number of nitro benzene ring substituents is 1. The van der Waals surface area contributed by atoms with Crippen LogP contribution in [0.3, 0.4) is 0 Å². The van der Waals surface area contributed by atoms with Crippen LogP contribution in [0.25, 0.3) is 0 Å². The van der Waals surface area contributed by atoms with E-state index in [1.54, 1.807) is 0 Å². The SMILES string of the molecule is CC(Nc1cc([N+](=O)[O-])ccc1F)C1CCCCC1. The van der Waals surface area contributed by atoms with Crippen LogP contribution in [0, 0.1) is 21.8 Å². The summed E-state index contributed by atoms with van der Waals surface area (Å²) in [5, 5.41) is 13.8. The molecule has 1 atom stereocenters. The van der Waals surface area contributed by atoms with E-state index in [4.69, 9.17) is 0 Å². The Hall–Kier alpha value is -1.65. The van der Waals surface area contributed by atoms with Crippen LogP contribution < -0.4 is 5.32 Å². The lowest BCUT2D eigenvalue weighted by Gasteiger charge is -2.29. The molecule has 1 fully saturated rings. The van der Waals surface area contributed by atoms with Crippen molar-refractivity contribution < 1.29 is 9.31 Å². The second-order valence-corrected chi connectivity index (χ2v) is 5.25. The van der Waals surface area contributed by atoms with E-state index >= 15 is 0 Å². The number of nitrogens with zero attached hydrogens (tertiary/aromatic N) is 1. The van der Waals surface area contributed by atoms with Gasteiger partial charge in [0.05, 0.1) is 10.6 Å². The van der Waals surface area contributed by atoms with Gasteiger partial charge in [0.15, 0.2) is 0 Å². The molecule has 0 aromatic heterocycles. The van der Waals surface area contributed by atoms with Gasteiger partial charge in [-0.2, -0.15) is 0 Å². The molecule has 5 heteroatoms. The first-order valence-corrected chi connectivity index (χ1v) is 6.78. The van der Waals surface area contributed by atoms with Gasteiger partial charge in [0.1, 0.15) is 5.82 Å². The Morgan fingerprint density at radius 3 is 2.68 bits per heavy atom. The van der Waals surface area contributed by atoms with Crippen LogP contribution in [-0.4, -0.2) is 11.0 Å². The molecule has 0 aliphatic heterocycles. The summed E-state index contributed by atoms with van der Waals surface area (Å²) in [6, 6.07) is 3.74. The lowest BCUT2D eigenvalue weighted by atomic mass is 9.84. The van der Waals surface area contributed by atoms with Gasteiger partial charge in [-0.1, -0.05) is 19.3 Å². The third-order valence-electron chi connectivity index (χ3n) is 3.90. The van der Waals surface area contributed by atoms with E-state index in [0.29, 0.717) is 5.92 Å². The van der Waals surface area contributed by atoms with E-state index < -0.39 is 10.7 Å². The Balaban J connectivity index is 2.08. The second-order valence-electron chi connectivity index (χ2n) is 5.25. The Kier molecular flexibility index (Phi) is 4.35. The number of rotatable bonds is 4. The maximum atomic E-state index is 13.7. The summed E-state index contributed by atoms with van der Waals surface area (Å²) in [6.45, 7) is 2.02. The molecule has 0 amide bonds. The van der Waals surface area contributed by atoms with Gasteiger partial charge < -0.3 is 5.32 Å². The number of non-ortho nitro benzene ring substituents is 1. The molecule has 104 valence electrons. The maximum Gasteiger partial charge on any atom is 0.271 e. The van der Waals surface area contributed by atoms with Gasteiger partial charge in [-0.15, -0.1) is 0 Å². The molecule has 0 bridgehead atoms. The summed E-state index contributed by atoms with van der Waals surface area (Å²) in [4.78, 5) is 10.2. The van der Waals surface area contributed by atoms with Gasteiger partial charge >= 0.3 is 0 Å². The summed E-state index contributed by atoms with van der Waals surface area (Å²) in [5.41, 5.74) is 0.145. The molecule has 0 heterocycles. The first-order valence-electron chi connectivity index (χ1n) is 6.78. The highest BCUT2D eigenvalue weighted by Gasteiger charge is 2.21. The van der Waals surface area contributed by atoms with E-state index in [9.17, 15) is 14.5 Å². The maximum absolute atomic E-state index is 13.7. The topological polar surface area (TPSA) is 55.2 Å². The zero-order valence-corrected chi connectivity index (χ0v) is 11.1. The fourth-order valence-electron chi connectivity index (χ4n) is 2.73. The van der Waals surface area contributed by atoms with Crippen molar-refractivity contribution in [2.24, 2.45) is 5.92 Å². The van der Waals surface area contributed by atoms with Crippen molar-refractivity contribution in [3.8, 4) is 0 Å². The van der Waals surface area contributed by atoms with Crippen LogP contribution >= 0.6 is 0 Å². The Morgan fingerprint density at radius 1 is 1.37 bits per heavy atom. The predicted molar refractivity (Wildman–Crippen MR) is 72.7 cm³/mol. The summed E-state index contributed by atoms with van der Waals surface area (Å²) >= 11 is 0. The lowest BCUT2D eigenvalue weighted by Crippen LogP contribution is -2.28. The molecule has 1 unspecified atom stereocenters. The molecule has 1 N–H and O–H groups in total. The highest BCUT2D eigenvalue weighted by Crippen LogP contribution is 2.29. The molecular weight excluding hydrogens is 247 g/mol. The van der Waals surface area contributed by atoms with Crippen molar-refractivity contribution >= 4 is 11.4 Å². The fraction of sp³-hybridized carbons (Fsp3) is 0.571. The number of benzene rings is 1. The van der Waals surface area contributed by atoms with E-state index in [-0.39, 0.29) is 17.4 Å². The molecule has 1 aromatic carbocycles. The Bertz CT molecular complexity index is 459. The van der Waals surface area contributed by atoms with Gasteiger partial charge in [-0.25, -0.2) is 4.39 Å². The monoisotopic (exact) mass is 266 g/mol. The first kappa shape index (κ1) is 13.8. The molecule has 1 aromatic rings. The van der Waals surface area contributed by atoms with E-state index in [2.05, 4.69) is 5.32 Å². The highest BCUT2D eigenvalue weighted by atomic mass is 19.1. The van der Waals surface area contributed by atoms with Crippen molar-refractivity contribution in [3.05, 3.63) is 34.1 Å². The van der Waals surface area contributed by atoms with E-state index in [1.165, 1.54) is 31.4 Å².